The van der Waals surface area contributed by atoms with Crippen LogP contribution in [0.4, 0.5) is 0 Å². The molecule has 0 spiro atoms. The molecular weight excluding hydrogens is 272 g/mol. The van der Waals surface area contributed by atoms with Crippen LogP contribution in [0, 0.1) is 27.7 Å². The predicted molar refractivity (Wildman–Crippen MR) is 90.5 cm³/mol. The maximum atomic E-state index is 12.7. The molecule has 3 rings (SSSR count). The van der Waals surface area contributed by atoms with Crippen molar-refractivity contribution in [3.8, 4) is 0 Å². The zero-order valence-electron chi connectivity index (χ0n) is 13.5. The maximum absolute atomic E-state index is 12.7. The molecule has 2 aromatic carbocycles. The molecule has 0 aliphatic carbocycles. The molecule has 0 radical (unpaired) electrons. The number of rotatable bonds is 2. The van der Waals surface area contributed by atoms with Gasteiger partial charge in [-0.3, -0.25) is 9.36 Å². The Morgan fingerprint density at radius 1 is 1.00 bits per heavy atom. The average molecular weight is 292 g/mol. The standard InChI is InChI=1S/C19H20N2O/c1-12-8-14(3)17(15(4)9-12)10-21-11-20-18-13(2)6-5-7-16(18)19(21)22/h5-9,11H,10H2,1-4H3. The van der Waals surface area contributed by atoms with Crippen LogP contribution >= 0.6 is 0 Å². The molecule has 1 aromatic heterocycles. The molecule has 0 fully saturated rings. The van der Waals surface area contributed by atoms with Gasteiger partial charge in [0.1, 0.15) is 0 Å². The van der Waals surface area contributed by atoms with Gasteiger partial charge < -0.3 is 0 Å². The molecular formula is C19H20N2O. The molecule has 0 saturated carbocycles. The number of nitrogens with zero attached hydrogens (tertiary/aromatic N) is 2. The summed E-state index contributed by atoms with van der Waals surface area (Å²) in [6.45, 7) is 8.83. The predicted octanol–water partition coefficient (Wildman–Crippen LogP) is 3.68. The molecule has 0 aliphatic heterocycles. The number of benzene rings is 2. The molecule has 1 heterocycles. The van der Waals surface area contributed by atoms with Gasteiger partial charge in [0.15, 0.2) is 0 Å². The van der Waals surface area contributed by atoms with Gasteiger partial charge in [-0.1, -0.05) is 29.8 Å². The van der Waals surface area contributed by atoms with E-state index in [0.717, 1.165) is 11.1 Å². The lowest BCUT2D eigenvalue weighted by Crippen LogP contribution is -2.22. The monoisotopic (exact) mass is 292 g/mol. The summed E-state index contributed by atoms with van der Waals surface area (Å²) in [7, 11) is 0. The van der Waals surface area contributed by atoms with Crippen molar-refractivity contribution in [2.45, 2.75) is 34.2 Å². The molecule has 22 heavy (non-hydrogen) atoms. The van der Waals surface area contributed by atoms with Gasteiger partial charge in [0.2, 0.25) is 0 Å². The smallest absolute Gasteiger partial charge is 0.261 e. The quantitative estimate of drug-likeness (QED) is 0.722. The van der Waals surface area contributed by atoms with E-state index in [1.54, 1.807) is 10.9 Å². The number of aryl methyl sites for hydroxylation is 4. The van der Waals surface area contributed by atoms with Gasteiger partial charge in [0, 0.05) is 0 Å². The first-order chi connectivity index (χ1) is 10.5. The van der Waals surface area contributed by atoms with E-state index in [1.807, 2.05) is 25.1 Å². The van der Waals surface area contributed by atoms with Crippen molar-refractivity contribution in [3.05, 3.63) is 74.8 Å². The van der Waals surface area contributed by atoms with E-state index in [4.69, 9.17) is 0 Å². The Morgan fingerprint density at radius 3 is 2.36 bits per heavy atom. The number of hydrogen-bond donors (Lipinski definition) is 0. The van der Waals surface area contributed by atoms with Crippen molar-refractivity contribution < 1.29 is 0 Å². The summed E-state index contributed by atoms with van der Waals surface area (Å²) in [6, 6.07) is 10.1. The second-order valence-corrected chi connectivity index (χ2v) is 6.03. The lowest BCUT2D eigenvalue weighted by Gasteiger charge is -2.13. The van der Waals surface area contributed by atoms with Crippen LogP contribution < -0.4 is 5.56 Å². The molecule has 0 saturated heterocycles. The summed E-state index contributed by atoms with van der Waals surface area (Å²) in [5, 5.41) is 0.685. The van der Waals surface area contributed by atoms with Crippen LogP contribution in [0.2, 0.25) is 0 Å². The Labute approximate surface area is 130 Å². The third-order valence-corrected chi connectivity index (χ3v) is 4.22. The number of fused-ring (bicyclic) bond motifs is 1. The molecule has 112 valence electrons. The SMILES string of the molecule is Cc1cc(C)c(Cn2cnc3c(C)cccc3c2=O)c(C)c1. The van der Waals surface area contributed by atoms with Gasteiger partial charge in [0.05, 0.1) is 23.8 Å². The first-order valence-corrected chi connectivity index (χ1v) is 7.49. The molecule has 0 aliphatic rings. The number of para-hydroxylation sites is 1. The fraction of sp³-hybridized carbons (Fsp3) is 0.263. The highest BCUT2D eigenvalue weighted by atomic mass is 16.1. The topological polar surface area (TPSA) is 34.9 Å². The van der Waals surface area contributed by atoms with E-state index in [0.29, 0.717) is 11.9 Å². The summed E-state index contributed by atoms with van der Waals surface area (Å²) in [5.74, 6) is 0. The van der Waals surface area contributed by atoms with Crippen molar-refractivity contribution in [2.24, 2.45) is 0 Å². The van der Waals surface area contributed by atoms with Crippen molar-refractivity contribution in [3.63, 3.8) is 0 Å². The highest BCUT2D eigenvalue weighted by molar-refractivity contribution is 5.80. The zero-order chi connectivity index (χ0) is 15.9. The van der Waals surface area contributed by atoms with Crippen LogP contribution in [0.3, 0.4) is 0 Å². The Kier molecular flexibility index (Phi) is 3.57. The minimum atomic E-state index is 0.0214. The summed E-state index contributed by atoms with van der Waals surface area (Å²) >= 11 is 0. The minimum Gasteiger partial charge on any atom is -0.294 e. The van der Waals surface area contributed by atoms with E-state index in [9.17, 15) is 4.79 Å². The third-order valence-electron chi connectivity index (χ3n) is 4.22. The van der Waals surface area contributed by atoms with Crippen molar-refractivity contribution >= 4 is 10.9 Å². The summed E-state index contributed by atoms with van der Waals surface area (Å²) in [6.07, 6.45) is 1.66. The Balaban J connectivity index is 2.13. The van der Waals surface area contributed by atoms with Crippen molar-refractivity contribution in [2.75, 3.05) is 0 Å². The van der Waals surface area contributed by atoms with Crippen molar-refractivity contribution in [1.29, 1.82) is 0 Å². The fourth-order valence-corrected chi connectivity index (χ4v) is 3.08. The second-order valence-electron chi connectivity index (χ2n) is 6.03. The Morgan fingerprint density at radius 2 is 1.68 bits per heavy atom. The van der Waals surface area contributed by atoms with E-state index in [1.165, 1.54) is 22.3 Å². The van der Waals surface area contributed by atoms with E-state index >= 15 is 0 Å². The third kappa shape index (κ3) is 2.43. The van der Waals surface area contributed by atoms with Crippen LogP contribution in [0.1, 0.15) is 27.8 Å². The van der Waals surface area contributed by atoms with Crippen LogP contribution in [0.5, 0.6) is 0 Å². The molecule has 0 N–H and O–H groups in total. The molecule has 0 atom stereocenters. The minimum absolute atomic E-state index is 0.0214. The fourth-order valence-electron chi connectivity index (χ4n) is 3.08. The van der Waals surface area contributed by atoms with Gasteiger partial charge >= 0.3 is 0 Å². The van der Waals surface area contributed by atoms with Gasteiger partial charge in [0.25, 0.3) is 5.56 Å². The molecule has 0 unspecified atom stereocenters. The van der Waals surface area contributed by atoms with Crippen molar-refractivity contribution in [1.82, 2.24) is 9.55 Å². The van der Waals surface area contributed by atoms with E-state index < -0.39 is 0 Å². The zero-order valence-corrected chi connectivity index (χ0v) is 13.5. The second kappa shape index (κ2) is 5.41. The lowest BCUT2D eigenvalue weighted by molar-refractivity contribution is 0.740. The first-order valence-electron chi connectivity index (χ1n) is 7.49. The van der Waals surface area contributed by atoms with Crippen LogP contribution in [0.15, 0.2) is 41.5 Å². The average Bonchev–Trinajstić information content (AvgIpc) is 2.45. The van der Waals surface area contributed by atoms with E-state index in [-0.39, 0.29) is 5.56 Å². The first kappa shape index (κ1) is 14.5. The van der Waals surface area contributed by atoms with Gasteiger partial charge in [-0.2, -0.15) is 0 Å². The maximum Gasteiger partial charge on any atom is 0.261 e. The highest BCUT2D eigenvalue weighted by Gasteiger charge is 2.09. The lowest BCUT2D eigenvalue weighted by atomic mass is 10.00. The molecule has 3 nitrogen and oxygen atoms in total. The highest BCUT2D eigenvalue weighted by Crippen LogP contribution is 2.18. The van der Waals surface area contributed by atoms with Crippen LogP contribution in [-0.4, -0.2) is 9.55 Å². The summed E-state index contributed by atoms with van der Waals surface area (Å²) in [5.41, 5.74) is 6.72. The largest absolute Gasteiger partial charge is 0.294 e. The molecule has 0 amide bonds. The number of hydrogen-bond acceptors (Lipinski definition) is 2. The Bertz CT molecular complexity index is 899. The van der Waals surface area contributed by atoms with Gasteiger partial charge in [-0.05, 0) is 56.0 Å². The summed E-state index contributed by atoms with van der Waals surface area (Å²) in [4.78, 5) is 17.2. The molecule has 3 aromatic rings. The van der Waals surface area contributed by atoms with Crippen LogP contribution in [-0.2, 0) is 6.54 Å². The van der Waals surface area contributed by atoms with Gasteiger partial charge in [-0.25, -0.2) is 4.98 Å². The molecule has 0 bridgehead atoms. The van der Waals surface area contributed by atoms with E-state index in [2.05, 4.69) is 37.9 Å². The number of aromatic nitrogens is 2. The Hall–Kier alpha value is -2.42. The van der Waals surface area contributed by atoms with Crippen LogP contribution in [0.25, 0.3) is 10.9 Å². The summed E-state index contributed by atoms with van der Waals surface area (Å²) < 4.78 is 1.70. The normalized spacial score (nSPS) is 11.1. The van der Waals surface area contributed by atoms with Gasteiger partial charge in [-0.15, -0.1) is 0 Å². The molecule has 3 heteroatoms.